The van der Waals surface area contributed by atoms with E-state index in [0.717, 1.165) is 5.69 Å². The fourth-order valence-corrected chi connectivity index (χ4v) is 2.52. The Balaban J connectivity index is 2.40. The largest absolute Gasteiger partial charge is 0.338 e. The quantitative estimate of drug-likeness (QED) is 0.778. The molecule has 0 unspecified atom stereocenters. The minimum atomic E-state index is 0.152. The van der Waals surface area contributed by atoms with Crippen molar-refractivity contribution < 1.29 is 0 Å². The molecule has 0 spiro atoms. The number of aromatic nitrogens is 2. The zero-order chi connectivity index (χ0) is 13.3. The molecule has 3 nitrogen and oxygen atoms in total. The van der Waals surface area contributed by atoms with Gasteiger partial charge in [-0.2, -0.15) is 0 Å². The predicted octanol–water partition coefficient (Wildman–Crippen LogP) is 5.14. The van der Waals surface area contributed by atoms with Crippen molar-refractivity contribution in [3.05, 3.63) is 44.2 Å². The van der Waals surface area contributed by atoms with Crippen molar-refractivity contribution in [2.45, 2.75) is 6.92 Å². The molecule has 0 amide bonds. The molecule has 1 N–H and O–H groups in total. The van der Waals surface area contributed by atoms with E-state index in [2.05, 4.69) is 15.3 Å². The van der Waals surface area contributed by atoms with E-state index in [1.54, 1.807) is 18.2 Å². The maximum absolute atomic E-state index is 6.06. The summed E-state index contributed by atoms with van der Waals surface area (Å²) < 4.78 is 0. The van der Waals surface area contributed by atoms with Gasteiger partial charge in [-0.3, -0.25) is 0 Å². The maximum Gasteiger partial charge on any atom is 0.224 e. The minimum absolute atomic E-state index is 0.152. The van der Waals surface area contributed by atoms with Crippen LogP contribution < -0.4 is 5.32 Å². The highest BCUT2D eigenvalue weighted by molar-refractivity contribution is 6.41. The summed E-state index contributed by atoms with van der Waals surface area (Å²) in [6, 6.07) is 4.91. The van der Waals surface area contributed by atoms with Crippen LogP contribution in [0.15, 0.2) is 18.2 Å². The van der Waals surface area contributed by atoms with Crippen molar-refractivity contribution in [1.29, 1.82) is 0 Å². The lowest BCUT2D eigenvalue weighted by Crippen LogP contribution is -1.98. The molecule has 0 saturated carbocycles. The topological polar surface area (TPSA) is 37.8 Å². The lowest BCUT2D eigenvalue weighted by molar-refractivity contribution is 1.10. The first kappa shape index (κ1) is 13.7. The van der Waals surface area contributed by atoms with Crippen molar-refractivity contribution in [3.8, 4) is 0 Å². The third-order valence-electron chi connectivity index (χ3n) is 2.09. The van der Waals surface area contributed by atoms with Gasteiger partial charge < -0.3 is 5.32 Å². The molecule has 0 aliphatic carbocycles. The van der Waals surface area contributed by atoms with Gasteiger partial charge in [-0.25, -0.2) is 9.97 Å². The summed E-state index contributed by atoms with van der Waals surface area (Å²) in [7, 11) is 0. The Kier molecular flexibility index (Phi) is 4.17. The van der Waals surface area contributed by atoms with E-state index in [0.29, 0.717) is 26.6 Å². The van der Waals surface area contributed by atoms with Gasteiger partial charge in [0.25, 0.3) is 0 Å². The molecular formula is C11H7Cl4N3. The van der Waals surface area contributed by atoms with Crippen LogP contribution in [-0.4, -0.2) is 9.97 Å². The first-order valence-corrected chi connectivity index (χ1v) is 6.39. The second kappa shape index (κ2) is 5.49. The lowest BCUT2D eigenvalue weighted by atomic mass is 10.3. The minimum Gasteiger partial charge on any atom is -0.338 e. The number of hydrogen-bond acceptors (Lipinski definition) is 3. The van der Waals surface area contributed by atoms with Crippen LogP contribution in [0.4, 0.5) is 11.5 Å². The van der Waals surface area contributed by atoms with Gasteiger partial charge in [-0.15, -0.1) is 0 Å². The third-order valence-corrected chi connectivity index (χ3v) is 3.07. The normalized spacial score (nSPS) is 10.5. The first-order chi connectivity index (χ1) is 8.45. The van der Waals surface area contributed by atoms with Gasteiger partial charge in [0.2, 0.25) is 5.28 Å². The zero-order valence-corrected chi connectivity index (χ0v) is 12.2. The molecule has 7 heteroatoms. The average molecular weight is 323 g/mol. The summed E-state index contributed by atoms with van der Waals surface area (Å²) in [5.41, 5.74) is 1.26. The molecule has 2 aromatic rings. The van der Waals surface area contributed by atoms with Gasteiger partial charge in [-0.05, 0) is 30.7 Å². The van der Waals surface area contributed by atoms with Gasteiger partial charge in [0.05, 0.1) is 15.7 Å². The van der Waals surface area contributed by atoms with Crippen molar-refractivity contribution in [2.75, 3.05) is 5.32 Å². The summed E-state index contributed by atoms with van der Waals surface area (Å²) in [5, 5.41) is 4.41. The Morgan fingerprint density at radius 2 is 1.56 bits per heavy atom. The summed E-state index contributed by atoms with van der Waals surface area (Å²) >= 11 is 23.7. The van der Waals surface area contributed by atoms with Gasteiger partial charge in [0.1, 0.15) is 5.82 Å². The summed E-state index contributed by atoms with van der Waals surface area (Å²) in [6.45, 7) is 1.81. The number of rotatable bonds is 2. The second-order valence-corrected chi connectivity index (χ2v) is 5.12. The number of benzene rings is 1. The highest BCUT2D eigenvalue weighted by atomic mass is 35.5. The van der Waals surface area contributed by atoms with E-state index in [4.69, 9.17) is 46.4 Å². The van der Waals surface area contributed by atoms with Crippen LogP contribution in [0.1, 0.15) is 5.69 Å². The van der Waals surface area contributed by atoms with Crippen LogP contribution in [0.25, 0.3) is 0 Å². The van der Waals surface area contributed by atoms with Gasteiger partial charge >= 0.3 is 0 Å². The fraction of sp³-hybridized carbons (Fsp3) is 0.0909. The smallest absolute Gasteiger partial charge is 0.224 e. The highest BCUT2D eigenvalue weighted by Gasteiger charge is 2.09. The summed E-state index contributed by atoms with van der Waals surface area (Å²) in [6.07, 6.45) is 0. The molecule has 0 bridgehead atoms. The van der Waals surface area contributed by atoms with E-state index >= 15 is 0 Å². The molecule has 0 radical (unpaired) electrons. The maximum atomic E-state index is 6.06. The molecule has 0 fully saturated rings. The lowest BCUT2D eigenvalue weighted by Gasteiger charge is -2.10. The molecule has 1 heterocycles. The average Bonchev–Trinajstić information content (AvgIpc) is 2.22. The van der Waals surface area contributed by atoms with Crippen molar-refractivity contribution in [1.82, 2.24) is 9.97 Å². The second-order valence-electron chi connectivity index (χ2n) is 3.53. The Labute approximate surface area is 124 Å². The van der Waals surface area contributed by atoms with Crippen LogP contribution in [0, 0.1) is 6.92 Å². The standard InChI is InChI=1S/C11H7Cl4N3/c1-5-2-9(18-11(15)16-5)17-10-7(13)3-6(12)4-8(10)14/h2-4H,1H3,(H,16,17,18). The molecule has 94 valence electrons. The first-order valence-electron chi connectivity index (χ1n) is 4.88. The van der Waals surface area contributed by atoms with Crippen LogP contribution in [-0.2, 0) is 0 Å². The van der Waals surface area contributed by atoms with Crippen molar-refractivity contribution >= 4 is 57.9 Å². The van der Waals surface area contributed by atoms with Gasteiger partial charge in [-0.1, -0.05) is 34.8 Å². The molecule has 1 aromatic carbocycles. The summed E-state index contributed by atoms with van der Waals surface area (Å²) in [5.74, 6) is 0.513. The Hall–Kier alpha value is -0.740. The number of hydrogen-bond donors (Lipinski definition) is 1. The molecule has 1 aromatic heterocycles. The third kappa shape index (κ3) is 3.18. The number of nitrogens with zero attached hydrogens (tertiary/aromatic N) is 2. The van der Waals surface area contributed by atoms with E-state index < -0.39 is 0 Å². The van der Waals surface area contributed by atoms with Crippen LogP contribution in [0.2, 0.25) is 20.4 Å². The van der Waals surface area contributed by atoms with E-state index in [-0.39, 0.29) is 5.28 Å². The van der Waals surface area contributed by atoms with E-state index in [1.165, 1.54) is 0 Å². The number of halogens is 4. The number of anilines is 2. The Morgan fingerprint density at radius 3 is 2.11 bits per heavy atom. The van der Waals surface area contributed by atoms with Crippen molar-refractivity contribution in [2.24, 2.45) is 0 Å². The molecule has 0 saturated heterocycles. The number of aryl methyl sites for hydroxylation is 1. The van der Waals surface area contributed by atoms with Gasteiger partial charge in [0, 0.05) is 16.8 Å². The summed E-state index contributed by atoms with van der Waals surface area (Å²) in [4.78, 5) is 7.99. The van der Waals surface area contributed by atoms with E-state index in [9.17, 15) is 0 Å². The molecule has 2 rings (SSSR count). The Morgan fingerprint density at radius 1 is 0.944 bits per heavy atom. The van der Waals surface area contributed by atoms with Crippen LogP contribution >= 0.6 is 46.4 Å². The molecule has 0 aliphatic rings. The fourth-order valence-electron chi connectivity index (χ4n) is 1.39. The molecule has 0 aliphatic heterocycles. The highest BCUT2D eigenvalue weighted by Crippen LogP contribution is 2.35. The Bertz CT molecular complexity index is 558. The van der Waals surface area contributed by atoms with E-state index in [1.807, 2.05) is 6.92 Å². The van der Waals surface area contributed by atoms with Crippen molar-refractivity contribution in [3.63, 3.8) is 0 Å². The van der Waals surface area contributed by atoms with Crippen LogP contribution in [0.3, 0.4) is 0 Å². The van der Waals surface area contributed by atoms with Gasteiger partial charge in [0.15, 0.2) is 0 Å². The SMILES string of the molecule is Cc1cc(Nc2c(Cl)cc(Cl)cc2Cl)nc(Cl)n1. The predicted molar refractivity (Wildman–Crippen MR) is 76.5 cm³/mol. The molecular weight excluding hydrogens is 316 g/mol. The number of nitrogens with one attached hydrogen (secondary N) is 1. The monoisotopic (exact) mass is 321 g/mol. The molecule has 18 heavy (non-hydrogen) atoms. The zero-order valence-electron chi connectivity index (χ0n) is 9.14. The van der Waals surface area contributed by atoms with Crippen LogP contribution in [0.5, 0.6) is 0 Å². The molecule has 0 atom stereocenters.